The van der Waals surface area contributed by atoms with Crippen molar-refractivity contribution < 1.29 is 4.74 Å². The molecule has 3 aromatic rings. The van der Waals surface area contributed by atoms with E-state index in [-0.39, 0.29) is 12.1 Å². The van der Waals surface area contributed by atoms with Crippen LogP contribution in [0.2, 0.25) is 0 Å². The Morgan fingerprint density at radius 2 is 1.86 bits per heavy atom. The van der Waals surface area contributed by atoms with Crippen LogP contribution in [-0.2, 0) is 0 Å². The van der Waals surface area contributed by atoms with E-state index in [0.29, 0.717) is 0 Å². The molecule has 2 aromatic carbocycles. The molecule has 1 radical (unpaired) electrons. The van der Waals surface area contributed by atoms with Crippen molar-refractivity contribution >= 4 is 10.9 Å². The monoisotopic (exact) mass is 293 g/mol. The van der Waals surface area contributed by atoms with Gasteiger partial charge in [-0.3, -0.25) is 4.68 Å². The van der Waals surface area contributed by atoms with Crippen molar-refractivity contribution in [3.05, 3.63) is 67.2 Å². The highest BCUT2D eigenvalue weighted by Crippen LogP contribution is 2.31. The molecule has 0 aliphatic rings. The van der Waals surface area contributed by atoms with Crippen LogP contribution in [0, 0.1) is 6.92 Å². The maximum Gasteiger partial charge on any atom is 0.145 e. The summed E-state index contributed by atoms with van der Waals surface area (Å²) in [7, 11) is 0. The molecule has 0 N–H and O–H groups in total. The Bertz CT molecular complexity index is 746. The zero-order valence-electron chi connectivity index (χ0n) is 13.1. The van der Waals surface area contributed by atoms with E-state index < -0.39 is 0 Å². The number of benzene rings is 2. The summed E-state index contributed by atoms with van der Waals surface area (Å²) in [5, 5.41) is 5.70. The van der Waals surface area contributed by atoms with Gasteiger partial charge in [0.25, 0.3) is 0 Å². The van der Waals surface area contributed by atoms with Crippen LogP contribution in [0.25, 0.3) is 10.9 Å². The van der Waals surface area contributed by atoms with E-state index >= 15 is 0 Å². The highest BCUT2D eigenvalue weighted by Gasteiger charge is 2.18. The summed E-state index contributed by atoms with van der Waals surface area (Å²) in [6.45, 7) is 8.19. The molecular formula is C19H21N2O. The first-order valence-electron chi connectivity index (χ1n) is 7.67. The zero-order valence-corrected chi connectivity index (χ0v) is 13.1. The Morgan fingerprint density at radius 1 is 1.09 bits per heavy atom. The molecular weight excluding hydrogens is 272 g/mol. The lowest BCUT2D eigenvalue weighted by molar-refractivity contribution is 0.244. The smallest absolute Gasteiger partial charge is 0.145 e. The van der Waals surface area contributed by atoms with Crippen molar-refractivity contribution in [1.82, 2.24) is 9.78 Å². The minimum Gasteiger partial charge on any atom is -0.489 e. The van der Waals surface area contributed by atoms with Crippen molar-refractivity contribution in [2.75, 3.05) is 0 Å². The van der Waals surface area contributed by atoms with Crippen LogP contribution in [0.3, 0.4) is 0 Å². The summed E-state index contributed by atoms with van der Waals surface area (Å²) in [5.41, 5.74) is 2.25. The Kier molecular flexibility index (Phi) is 4.14. The van der Waals surface area contributed by atoms with Crippen molar-refractivity contribution in [2.24, 2.45) is 0 Å². The van der Waals surface area contributed by atoms with E-state index in [4.69, 9.17) is 4.74 Å². The lowest BCUT2D eigenvalue weighted by Gasteiger charge is -2.19. The summed E-state index contributed by atoms with van der Waals surface area (Å²) < 4.78 is 8.01. The standard InChI is InChI=1S/C19H21N2O/c1-4-17(15-9-6-5-7-10-15)21-19-16(13-20-21)11-8-12-18(19)22-14(2)3/h5-14,17H,1,4H2,2-3H3/t17-/m0/s1. The third kappa shape index (κ3) is 2.71. The first-order valence-corrected chi connectivity index (χ1v) is 7.67. The Hall–Kier alpha value is -2.29. The molecule has 0 saturated carbocycles. The fourth-order valence-corrected chi connectivity index (χ4v) is 2.76. The molecule has 0 aliphatic heterocycles. The number of rotatable bonds is 5. The van der Waals surface area contributed by atoms with Crippen LogP contribution in [0.15, 0.2) is 54.7 Å². The Balaban J connectivity index is 2.13. The lowest BCUT2D eigenvalue weighted by atomic mass is 10.0. The second kappa shape index (κ2) is 6.22. The summed E-state index contributed by atoms with van der Waals surface area (Å²) >= 11 is 0. The van der Waals surface area contributed by atoms with E-state index in [1.54, 1.807) is 0 Å². The Morgan fingerprint density at radius 3 is 2.55 bits per heavy atom. The molecule has 0 amide bonds. The topological polar surface area (TPSA) is 27.1 Å². The SMILES string of the molecule is [CH2]C[C@@H](c1ccccc1)n1ncc2cccc(OC(C)C)c21. The van der Waals surface area contributed by atoms with Gasteiger partial charge < -0.3 is 4.74 Å². The first kappa shape index (κ1) is 14.6. The van der Waals surface area contributed by atoms with Crippen LogP contribution in [0.4, 0.5) is 0 Å². The van der Waals surface area contributed by atoms with Crippen LogP contribution in [0.1, 0.15) is 31.9 Å². The zero-order chi connectivity index (χ0) is 15.5. The molecule has 0 spiro atoms. The molecule has 0 bridgehead atoms. The minimum absolute atomic E-state index is 0.107. The van der Waals surface area contributed by atoms with Gasteiger partial charge in [-0.25, -0.2) is 0 Å². The molecule has 1 aromatic heterocycles. The first-order chi connectivity index (χ1) is 10.7. The number of fused-ring (bicyclic) bond motifs is 1. The molecule has 113 valence electrons. The van der Waals surface area contributed by atoms with Crippen LogP contribution in [0.5, 0.6) is 5.75 Å². The van der Waals surface area contributed by atoms with Gasteiger partial charge >= 0.3 is 0 Å². The fourth-order valence-electron chi connectivity index (χ4n) is 2.76. The van der Waals surface area contributed by atoms with Gasteiger partial charge in [0.2, 0.25) is 0 Å². The number of nitrogens with zero attached hydrogens (tertiary/aromatic N) is 2. The van der Waals surface area contributed by atoms with Gasteiger partial charge in [-0.2, -0.15) is 5.10 Å². The molecule has 22 heavy (non-hydrogen) atoms. The largest absolute Gasteiger partial charge is 0.489 e. The molecule has 3 rings (SSSR count). The number of hydrogen-bond donors (Lipinski definition) is 0. The molecule has 1 heterocycles. The fraction of sp³-hybridized carbons (Fsp3) is 0.263. The molecule has 1 atom stereocenters. The normalized spacial score (nSPS) is 12.7. The maximum atomic E-state index is 5.98. The quantitative estimate of drug-likeness (QED) is 0.685. The maximum absolute atomic E-state index is 5.98. The molecule has 0 unspecified atom stereocenters. The number of ether oxygens (including phenoxy) is 1. The number of para-hydroxylation sites is 1. The van der Waals surface area contributed by atoms with Crippen LogP contribution >= 0.6 is 0 Å². The van der Waals surface area contributed by atoms with E-state index in [1.165, 1.54) is 5.56 Å². The number of hydrogen-bond acceptors (Lipinski definition) is 2. The van der Waals surface area contributed by atoms with Crippen LogP contribution in [-0.4, -0.2) is 15.9 Å². The van der Waals surface area contributed by atoms with Gasteiger partial charge in [0.15, 0.2) is 0 Å². The second-order valence-electron chi connectivity index (χ2n) is 5.66. The minimum atomic E-state index is 0.107. The average Bonchev–Trinajstić information content (AvgIpc) is 2.94. The summed E-state index contributed by atoms with van der Waals surface area (Å²) in [6, 6.07) is 16.6. The van der Waals surface area contributed by atoms with Gasteiger partial charge in [-0.15, -0.1) is 0 Å². The highest BCUT2D eigenvalue weighted by molar-refractivity contribution is 5.85. The highest BCUT2D eigenvalue weighted by atomic mass is 16.5. The third-order valence-corrected chi connectivity index (χ3v) is 3.70. The van der Waals surface area contributed by atoms with Gasteiger partial charge in [-0.05, 0) is 31.9 Å². The molecule has 0 saturated heterocycles. The van der Waals surface area contributed by atoms with Crippen molar-refractivity contribution in [1.29, 1.82) is 0 Å². The van der Waals surface area contributed by atoms with E-state index in [9.17, 15) is 0 Å². The van der Waals surface area contributed by atoms with E-state index in [0.717, 1.165) is 23.1 Å². The lowest BCUT2D eigenvalue weighted by Crippen LogP contribution is -2.13. The third-order valence-electron chi connectivity index (χ3n) is 3.70. The van der Waals surface area contributed by atoms with Gasteiger partial charge in [0.1, 0.15) is 11.3 Å². The average molecular weight is 293 g/mol. The summed E-state index contributed by atoms with van der Waals surface area (Å²) in [5.74, 6) is 0.874. The summed E-state index contributed by atoms with van der Waals surface area (Å²) in [6.07, 6.45) is 2.76. The van der Waals surface area contributed by atoms with Gasteiger partial charge in [0.05, 0.1) is 18.3 Å². The van der Waals surface area contributed by atoms with Gasteiger partial charge in [0, 0.05) is 5.39 Å². The van der Waals surface area contributed by atoms with Gasteiger partial charge in [-0.1, -0.05) is 49.4 Å². The summed E-state index contributed by atoms with van der Waals surface area (Å²) in [4.78, 5) is 0. The second-order valence-corrected chi connectivity index (χ2v) is 5.66. The van der Waals surface area contributed by atoms with Crippen LogP contribution < -0.4 is 4.74 Å². The predicted molar refractivity (Wildman–Crippen MR) is 90.1 cm³/mol. The molecule has 0 aliphatic carbocycles. The Labute approximate surface area is 131 Å². The molecule has 3 nitrogen and oxygen atoms in total. The van der Waals surface area contributed by atoms with E-state index in [1.807, 2.05) is 42.9 Å². The predicted octanol–water partition coefficient (Wildman–Crippen LogP) is 4.64. The van der Waals surface area contributed by atoms with E-state index in [2.05, 4.69) is 42.4 Å². The molecule has 0 fully saturated rings. The van der Waals surface area contributed by atoms with Crippen molar-refractivity contribution in [3.63, 3.8) is 0 Å². The number of aromatic nitrogens is 2. The van der Waals surface area contributed by atoms with Crippen molar-refractivity contribution in [3.8, 4) is 5.75 Å². The van der Waals surface area contributed by atoms with Crippen molar-refractivity contribution in [2.45, 2.75) is 32.4 Å². The molecule has 3 heteroatoms.